The number of anilines is 4. The van der Waals surface area contributed by atoms with Gasteiger partial charge in [-0.05, 0) is 74.0 Å². The number of aromatic nitrogens is 1. The summed E-state index contributed by atoms with van der Waals surface area (Å²) in [5.74, 6) is -1.33. The Kier molecular flexibility index (Phi) is 5.66. The van der Waals surface area contributed by atoms with Gasteiger partial charge in [0.05, 0.1) is 22.8 Å². The second-order valence-electron chi connectivity index (χ2n) is 12.2. The monoisotopic (exact) mass is 596 g/mol. The third-order valence-corrected chi connectivity index (χ3v) is 10.1. The van der Waals surface area contributed by atoms with Crippen molar-refractivity contribution in [3.8, 4) is 0 Å². The summed E-state index contributed by atoms with van der Waals surface area (Å²) in [6, 6.07) is 31.4. The zero-order valence-electron chi connectivity index (χ0n) is 24.2. The van der Waals surface area contributed by atoms with Gasteiger partial charge in [-0.1, -0.05) is 48.5 Å². The summed E-state index contributed by atoms with van der Waals surface area (Å²) in [5.41, 5.74) is 10.8. The van der Waals surface area contributed by atoms with Crippen LogP contribution in [0, 0.1) is 11.7 Å². The minimum absolute atomic E-state index is 0.108. The number of rotatable bonds is 4. The molecule has 1 aromatic heterocycles. The van der Waals surface area contributed by atoms with Gasteiger partial charge in [-0.3, -0.25) is 14.5 Å². The van der Waals surface area contributed by atoms with Gasteiger partial charge in [0.15, 0.2) is 11.6 Å². The van der Waals surface area contributed by atoms with Crippen LogP contribution in [0.5, 0.6) is 0 Å². The number of para-hydroxylation sites is 4. The summed E-state index contributed by atoms with van der Waals surface area (Å²) in [6.45, 7) is 0.679. The molecule has 0 aliphatic carbocycles. The number of carbonyl (C=O) groups excluding carboxylic acids is 2. The molecule has 8 nitrogen and oxygen atoms in total. The van der Waals surface area contributed by atoms with E-state index in [9.17, 15) is 14.0 Å². The van der Waals surface area contributed by atoms with E-state index in [1.165, 1.54) is 24.3 Å². The highest BCUT2D eigenvalue weighted by molar-refractivity contribution is 6.12. The molecule has 222 valence electrons. The number of hydrazine groups is 2. The Morgan fingerprint density at radius 2 is 1.67 bits per heavy atom. The molecule has 4 atom stereocenters. The molecule has 4 aliphatic heterocycles. The van der Waals surface area contributed by atoms with Crippen LogP contribution in [0.3, 0.4) is 0 Å². The number of hydrogen-bond acceptors (Lipinski definition) is 7. The number of carbonyl (C=O) groups is 2. The number of ketones is 1. The van der Waals surface area contributed by atoms with Gasteiger partial charge in [-0.2, -0.15) is 0 Å². The van der Waals surface area contributed by atoms with Gasteiger partial charge in [0.1, 0.15) is 11.4 Å². The summed E-state index contributed by atoms with van der Waals surface area (Å²) < 4.78 is 14.1. The molecule has 4 aliphatic rings. The Morgan fingerprint density at radius 1 is 0.911 bits per heavy atom. The van der Waals surface area contributed by atoms with Gasteiger partial charge in [-0.15, -0.1) is 5.53 Å². The van der Waals surface area contributed by atoms with Crippen LogP contribution in [-0.2, 0) is 10.3 Å². The first-order valence-electron chi connectivity index (χ1n) is 15.3. The van der Waals surface area contributed by atoms with Crippen LogP contribution < -0.4 is 21.3 Å². The Balaban J connectivity index is 1.33. The van der Waals surface area contributed by atoms with E-state index in [1.807, 2.05) is 77.8 Å². The summed E-state index contributed by atoms with van der Waals surface area (Å²) in [6.07, 6.45) is 1.72. The number of nitrogens with one attached hydrogen (secondary N) is 3. The fourth-order valence-electron chi connectivity index (χ4n) is 8.32. The standard InChI is InChI=1S/C36H29FN6O2/c37-23-17-15-21(16-18-23)33(44)32-31(30-14-7-19-42(30)36(32)25-9-2-4-11-27(25)39-35(36)45)24-20-22-8-1-3-10-26(22)38-34(24)43-29-13-6-5-12-28(29)40-41-43/h1-6,8-13,15-18,20,30-32,40-41H,7,14,19H2,(H,39,45). The average Bonchev–Trinajstić information content (AvgIpc) is 3.83. The van der Waals surface area contributed by atoms with Gasteiger partial charge in [0.25, 0.3) is 0 Å². The molecule has 2 fully saturated rings. The van der Waals surface area contributed by atoms with Crippen molar-refractivity contribution in [2.75, 3.05) is 22.3 Å². The molecule has 4 unspecified atom stereocenters. The minimum atomic E-state index is -1.23. The quantitative estimate of drug-likeness (QED) is 0.211. The van der Waals surface area contributed by atoms with Crippen LogP contribution in [0.4, 0.5) is 27.3 Å². The average molecular weight is 597 g/mol. The van der Waals surface area contributed by atoms with E-state index in [4.69, 9.17) is 4.98 Å². The molecule has 9 rings (SSSR count). The molecule has 5 heterocycles. The van der Waals surface area contributed by atoms with Crippen LogP contribution in [0.1, 0.15) is 40.2 Å². The van der Waals surface area contributed by atoms with Crippen LogP contribution in [-0.4, -0.2) is 34.2 Å². The number of hydrogen-bond donors (Lipinski definition) is 3. The molecule has 0 radical (unpaired) electrons. The number of Topliss-reactive ketones (excluding diaryl/α,β-unsaturated/α-hetero) is 1. The maximum atomic E-state index is 15.0. The second-order valence-corrected chi connectivity index (χ2v) is 12.2. The molecule has 5 aromatic rings. The highest BCUT2D eigenvalue weighted by Gasteiger charge is 2.69. The third kappa shape index (κ3) is 3.62. The van der Waals surface area contributed by atoms with Gasteiger partial charge >= 0.3 is 0 Å². The number of pyridine rings is 1. The molecule has 2 saturated heterocycles. The van der Waals surface area contributed by atoms with Crippen molar-refractivity contribution in [3.63, 3.8) is 0 Å². The number of benzene rings is 4. The second kappa shape index (κ2) is 9.69. The minimum Gasteiger partial charge on any atom is -0.324 e. The van der Waals surface area contributed by atoms with Crippen molar-refractivity contribution in [1.82, 2.24) is 15.4 Å². The smallest absolute Gasteiger partial charge is 0.250 e. The summed E-state index contributed by atoms with van der Waals surface area (Å²) >= 11 is 0. The fourth-order valence-corrected chi connectivity index (χ4v) is 8.32. The van der Waals surface area contributed by atoms with Crippen LogP contribution in [0.15, 0.2) is 103 Å². The molecule has 3 N–H and O–H groups in total. The van der Waals surface area contributed by atoms with Crippen LogP contribution >= 0.6 is 0 Å². The molecular weight excluding hydrogens is 567 g/mol. The van der Waals surface area contributed by atoms with Crippen molar-refractivity contribution < 1.29 is 14.0 Å². The number of fused-ring (bicyclic) bond motifs is 6. The van der Waals surface area contributed by atoms with Gasteiger partial charge in [0, 0.05) is 39.7 Å². The predicted molar refractivity (Wildman–Crippen MR) is 171 cm³/mol. The summed E-state index contributed by atoms with van der Waals surface area (Å²) in [4.78, 5) is 37.0. The maximum Gasteiger partial charge on any atom is 0.250 e. The Hall–Kier alpha value is -5.12. The van der Waals surface area contributed by atoms with Crippen molar-refractivity contribution in [3.05, 3.63) is 126 Å². The van der Waals surface area contributed by atoms with Gasteiger partial charge in [-0.25, -0.2) is 14.4 Å². The zero-order chi connectivity index (χ0) is 30.3. The predicted octanol–water partition coefficient (Wildman–Crippen LogP) is 6.27. The van der Waals surface area contributed by atoms with Crippen molar-refractivity contribution in [1.29, 1.82) is 0 Å². The zero-order valence-corrected chi connectivity index (χ0v) is 24.2. The largest absolute Gasteiger partial charge is 0.324 e. The lowest BCUT2D eigenvalue weighted by Crippen LogP contribution is -2.52. The normalized spacial score (nSPS) is 24.9. The molecule has 45 heavy (non-hydrogen) atoms. The summed E-state index contributed by atoms with van der Waals surface area (Å²) in [7, 11) is 0. The number of amides is 1. The van der Waals surface area contributed by atoms with E-state index in [-0.39, 0.29) is 17.7 Å². The maximum absolute atomic E-state index is 15.0. The molecule has 0 saturated carbocycles. The number of halogens is 1. The van der Waals surface area contributed by atoms with Gasteiger partial charge < -0.3 is 10.7 Å². The summed E-state index contributed by atoms with van der Waals surface area (Å²) in [5, 5.41) is 6.02. The van der Waals surface area contributed by atoms with E-state index >= 15 is 0 Å². The van der Waals surface area contributed by atoms with E-state index in [0.29, 0.717) is 17.9 Å². The Bertz CT molecular complexity index is 2030. The van der Waals surface area contributed by atoms with E-state index < -0.39 is 23.2 Å². The molecule has 4 aromatic carbocycles. The lowest BCUT2D eigenvalue weighted by atomic mass is 9.68. The molecule has 1 amide bonds. The van der Waals surface area contributed by atoms with Crippen LogP contribution in [0.2, 0.25) is 0 Å². The van der Waals surface area contributed by atoms with Gasteiger partial charge in [0.2, 0.25) is 5.91 Å². The lowest BCUT2D eigenvalue weighted by Gasteiger charge is -2.37. The third-order valence-electron chi connectivity index (χ3n) is 10.1. The van der Waals surface area contributed by atoms with E-state index in [0.717, 1.165) is 51.9 Å². The molecule has 0 bridgehead atoms. The Morgan fingerprint density at radius 3 is 2.53 bits per heavy atom. The number of nitrogens with zero attached hydrogens (tertiary/aromatic N) is 3. The molecule has 1 spiro atoms. The topological polar surface area (TPSA) is 89.6 Å². The van der Waals surface area contributed by atoms with Crippen molar-refractivity contribution >= 4 is 45.5 Å². The highest BCUT2D eigenvalue weighted by Crippen LogP contribution is 2.62. The van der Waals surface area contributed by atoms with E-state index in [1.54, 1.807) is 0 Å². The van der Waals surface area contributed by atoms with E-state index in [2.05, 4.69) is 27.2 Å². The Labute approximate surface area is 258 Å². The first-order chi connectivity index (χ1) is 22.1. The molecular formula is C36H29FN6O2. The SMILES string of the molecule is O=C(c1ccc(F)cc1)C1C(c2cc3ccccc3nc2N2NNc3ccccc32)C2CCCN2C12C(=O)Nc1ccccc12. The molecule has 9 heteroatoms. The fraction of sp³-hybridized carbons (Fsp3) is 0.194. The van der Waals surface area contributed by atoms with Crippen molar-refractivity contribution in [2.24, 2.45) is 5.92 Å². The lowest BCUT2D eigenvalue weighted by molar-refractivity contribution is -0.127. The van der Waals surface area contributed by atoms with Crippen molar-refractivity contribution in [2.45, 2.75) is 30.3 Å². The van der Waals surface area contributed by atoms with Crippen LogP contribution in [0.25, 0.3) is 10.9 Å². The first kappa shape index (κ1) is 26.3. The first-order valence-corrected chi connectivity index (χ1v) is 15.3. The highest BCUT2D eigenvalue weighted by atomic mass is 19.1.